The van der Waals surface area contributed by atoms with Crippen LogP contribution in [0.4, 0.5) is 5.69 Å². The number of fused-ring (bicyclic) bond motifs is 1. The van der Waals surface area contributed by atoms with E-state index in [9.17, 15) is 12.6 Å². The van der Waals surface area contributed by atoms with Crippen LogP contribution in [-0.2, 0) is 27.2 Å². The highest BCUT2D eigenvalue weighted by atomic mass is 32.2. The molecular weight excluding hydrogens is 296 g/mol. The Morgan fingerprint density at radius 3 is 2.90 bits per heavy atom. The first-order valence-corrected chi connectivity index (χ1v) is 9.79. The Bertz CT molecular complexity index is 614. The van der Waals surface area contributed by atoms with Crippen molar-refractivity contribution in [3.63, 3.8) is 0 Å². The summed E-state index contributed by atoms with van der Waals surface area (Å²) in [5, 5.41) is 3.22. The quantitative estimate of drug-likeness (QED) is 0.853. The molecule has 2 rings (SSSR count). The lowest BCUT2D eigenvalue weighted by Gasteiger charge is -2.22. The van der Waals surface area contributed by atoms with Crippen LogP contribution in [0.25, 0.3) is 0 Å². The molecule has 0 saturated heterocycles. The predicted octanol–water partition coefficient (Wildman–Crippen LogP) is 1.09. The summed E-state index contributed by atoms with van der Waals surface area (Å²) < 4.78 is 38.7. The van der Waals surface area contributed by atoms with Crippen molar-refractivity contribution in [2.24, 2.45) is 0 Å². The van der Waals surface area contributed by atoms with Gasteiger partial charge in [0.15, 0.2) is 0 Å². The van der Waals surface area contributed by atoms with Crippen LogP contribution in [0.2, 0.25) is 0 Å². The molecule has 0 amide bonds. The van der Waals surface area contributed by atoms with Crippen LogP contribution < -0.4 is 10.0 Å². The lowest BCUT2D eigenvalue weighted by molar-refractivity contribution is 0.568. The summed E-state index contributed by atoms with van der Waals surface area (Å²) in [6.07, 6.45) is 3.25. The first-order valence-electron chi connectivity index (χ1n) is 6.58. The van der Waals surface area contributed by atoms with Crippen LogP contribution in [0.1, 0.15) is 18.9 Å². The van der Waals surface area contributed by atoms with Crippen molar-refractivity contribution < 1.29 is 12.6 Å². The van der Waals surface area contributed by atoms with Gasteiger partial charge in [-0.2, -0.15) is 0 Å². The maximum Gasteiger partial charge on any atom is 0.241 e. The Balaban J connectivity index is 2.28. The van der Waals surface area contributed by atoms with Gasteiger partial charge in [-0.1, -0.05) is 6.07 Å². The average Bonchev–Trinajstić information content (AvgIpc) is 2.36. The third kappa shape index (κ3) is 3.59. The fourth-order valence-electron chi connectivity index (χ4n) is 2.44. The zero-order chi connectivity index (χ0) is 14.8. The molecule has 5 nitrogen and oxygen atoms in total. The van der Waals surface area contributed by atoms with Crippen molar-refractivity contribution in [1.82, 2.24) is 4.72 Å². The third-order valence-corrected chi connectivity index (χ3v) is 5.83. The molecule has 0 radical (unpaired) electrons. The van der Waals surface area contributed by atoms with E-state index in [1.165, 1.54) is 0 Å². The molecule has 1 aliphatic rings. The van der Waals surface area contributed by atoms with Crippen molar-refractivity contribution >= 4 is 26.5 Å². The third-order valence-electron chi connectivity index (χ3n) is 3.18. The second kappa shape index (κ2) is 6.24. The molecule has 1 aromatic carbocycles. The minimum absolute atomic E-state index is 0.312. The molecule has 20 heavy (non-hydrogen) atoms. The summed E-state index contributed by atoms with van der Waals surface area (Å²) in [6.45, 7) is 2.60. The monoisotopic (exact) mass is 316 g/mol. The molecule has 7 heteroatoms. The van der Waals surface area contributed by atoms with Gasteiger partial charge in [-0.05, 0) is 37.5 Å². The Morgan fingerprint density at radius 2 is 2.20 bits per heavy atom. The molecule has 2 unspecified atom stereocenters. The van der Waals surface area contributed by atoms with E-state index in [-0.39, 0.29) is 6.04 Å². The predicted molar refractivity (Wildman–Crippen MR) is 82.0 cm³/mol. The van der Waals surface area contributed by atoms with Crippen LogP contribution in [0.5, 0.6) is 0 Å². The lowest BCUT2D eigenvalue weighted by Crippen LogP contribution is -2.36. The van der Waals surface area contributed by atoms with Gasteiger partial charge >= 0.3 is 0 Å². The average molecular weight is 316 g/mol. The van der Waals surface area contributed by atoms with E-state index in [0.717, 1.165) is 30.6 Å². The highest BCUT2D eigenvalue weighted by Gasteiger charge is 2.24. The first kappa shape index (κ1) is 15.5. The van der Waals surface area contributed by atoms with Gasteiger partial charge in [0.1, 0.15) is 0 Å². The van der Waals surface area contributed by atoms with E-state index < -0.39 is 20.8 Å². The minimum Gasteiger partial charge on any atom is -0.385 e. The molecule has 0 spiro atoms. The number of rotatable bonds is 5. The van der Waals surface area contributed by atoms with Crippen LogP contribution in [0.3, 0.4) is 0 Å². The Kier molecular flexibility index (Phi) is 4.82. The van der Waals surface area contributed by atoms with E-state index in [0.29, 0.717) is 10.6 Å². The number of benzene rings is 1. The molecule has 1 aromatic rings. The second-order valence-electron chi connectivity index (χ2n) is 5.07. The number of hydrogen-bond acceptors (Lipinski definition) is 4. The van der Waals surface area contributed by atoms with Gasteiger partial charge in [-0.25, -0.2) is 13.1 Å². The zero-order valence-electron chi connectivity index (χ0n) is 11.7. The molecule has 1 heterocycles. The number of nitrogens with one attached hydrogen (secondary N) is 2. The van der Waals surface area contributed by atoms with Gasteiger partial charge in [0.05, 0.1) is 4.90 Å². The normalized spacial score (nSPS) is 17.9. The number of sulfonamides is 1. The maximum absolute atomic E-state index is 12.5. The van der Waals surface area contributed by atoms with Gasteiger partial charge in [0.2, 0.25) is 10.0 Å². The van der Waals surface area contributed by atoms with Gasteiger partial charge in [-0.3, -0.25) is 4.21 Å². The summed E-state index contributed by atoms with van der Waals surface area (Å²) in [7, 11) is -4.60. The summed E-state index contributed by atoms with van der Waals surface area (Å²) >= 11 is 0. The largest absolute Gasteiger partial charge is 0.385 e. The van der Waals surface area contributed by atoms with E-state index in [1.54, 1.807) is 25.3 Å². The molecular formula is C13H20N2O3S2. The Morgan fingerprint density at radius 1 is 1.45 bits per heavy atom. The molecule has 0 aromatic heterocycles. The Labute approximate surface area is 122 Å². The molecule has 2 atom stereocenters. The standard InChI is InChI=1S/C13H20N2O3S2/c1-10(9-19(2)16)15-20(17,18)13-7-3-6-12-11(13)5-4-8-14-12/h3,6-7,10,14-15H,4-5,8-9H2,1-2H3. The number of hydrogen-bond donors (Lipinski definition) is 2. The fourth-order valence-corrected chi connectivity index (χ4v) is 4.87. The first-order chi connectivity index (χ1) is 9.40. The molecule has 0 bridgehead atoms. The van der Waals surface area contributed by atoms with Crippen LogP contribution in [0, 0.1) is 0 Å². The molecule has 2 N–H and O–H groups in total. The van der Waals surface area contributed by atoms with E-state index in [2.05, 4.69) is 10.0 Å². The van der Waals surface area contributed by atoms with E-state index in [1.807, 2.05) is 6.07 Å². The number of anilines is 1. The molecule has 0 fully saturated rings. The molecule has 0 saturated carbocycles. The van der Waals surface area contributed by atoms with Gasteiger partial charge in [-0.15, -0.1) is 0 Å². The van der Waals surface area contributed by atoms with Crippen molar-refractivity contribution in [2.75, 3.05) is 23.9 Å². The second-order valence-corrected chi connectivity index (χ2v) is 8.24. The SMILES string of the molecule is CC(CS(C)=O)NS(=O)(=O)c1cccc2c1CCCN2. The Hall–Kier alpha value is -0.920. The smallest absolute Gasteiger partial charge is 0.241 e. The molecule has 1 aliphatic heterocycles. The highest BCUT2D eigenvalue weighted by Crippen LogP contribution is 2.28. The topological polar surface area (TPSA) is 75.3 Å². The summed E-state index contributed by atoms with van der Waals surface area (Å²) in [4.78, 5) is 0.330. The summed E-state index contributed by atoms with van der Waals surface area (Å²) in [5.74, 6) is 0.312. The fraction of sp³-hybridized carbons (Fsp3) is 0.538. The van der Waals surface area contributed by atoms with Crippen LogP contribution in [0.15, 0.2) is 23.1 Å². The molecule has 112 valence electrons. The lowest BCUT2D eigenvalue weighted by atomic mass is 10.0. The van der Waals surface area contributed by atoms with Gasteiger partial charge < -0.3 is 5.32 Å². The van der Waals surface area contributed by atoms with Crippen molar-refractivity contribution in [1.29, 1.82) is 0 Å². The van der Waals surface area contributed by atoms with Crippen LogP contribution in [-0.4, -0.2) is 37.2 Å². The van der Waals surface area contributed by atoms with Crippen molar-refractivity contribution in [3.8, 4) is 0 Å². The summed E-state index contributed by atoms with van der Waals surface area (Å²) in [5.41, 5.74) is 1.74. The van der Waals surface area contributed by atoms with Gasteiger partial charge in [0.25, 0.3) is 0 Å². The van der Waals surface area contributed by atoms with Crippen LogP contribution >= 0.6 is 0 Å². The highest BCUT2D eigenvalue weighted by molar-refractivity contribution is 7.89. The molecule has 0 aliphatic carbocycles. The van der Waals surface area contributed by atoms with Crippen molar-refractivity contribution in [3.05, 3.63) is 23.8 Å². The van der Waals surface area contributed by atoms with E-state index in [4.69, 9.17) is 0 Å². The zero-order valence-corrected chi connectivity index (χ0v) is 13.3. The van der Waals surface area contributed by atoms with Crippen molar-refractivity contribution in [2.45, 2.75) is 30.7 Å². The minimum atomic E-state index is -3.57. The summed E-state index contributed by atoms with van der Waals surface area (Å²) in [6, 6.07) is 4.93. The maximum atomic E-state index is 12.5. The van der Waals surface area contributed by atoms with Gasteiger partial charge in [0, 0.05) is 41.1 Å². The van der Waals surface area contributed by atoms with E-state index >= 15 is 0 Å².